The van der Waals surface area contributed by atoms with Crippen molar-refractivity contribution in [1.82, 2.24) is 15.5 Å². The molecule has 4 heteroatoms. The summed E-state index contributed by atoms with van der Waals surface area (Å²) in [6.07, 6.45) is 11.0. The van der Waals surface area contributed by atoms with Crippen LogP contribution in [0.1, 0.15) is 58.3 Å². The second-order valence-electron chi connectivity index (χ2n) is 8.27. The molecule has 0 radical (unpaired) electrons. The van der Waals surface area contributed by atoms with Crippen molar-refractivity contribution in [3.05, 3.63) is 12.2 Å². The Hall–Kier alpha value is -1.03. The van der Waals surface area contributed by atoms with E-state index in [-0.39, 0.29) is 0 Å². The molecule has 0 aromatic heterocycles. The molecule has 2 saturated carbocycles. The molecule has 0 aromatic carbocycles. The fraction of sp³-hybridized carbons (Fsp3) is 0.850. The molecular weight excluding hydrogens is 296 g/mol. The molecule has 0 spiro atoms. The van der Waals surface area contributed by atoms with Crippen molar-refractivity contribution in [2.75, 3.05) is 26.7 Å². The lowest BCUT2D eigenvalue weighted by Gasteiger charge is -2.33. The Morgan fingerprint density at radius 2 is 1.79 bits per heavy atom. The van der Waals surface area contributed by atoms with E-state index in [9.17, 15) is 0 Å². The van der Waals surface area contributed by atoms with Gasteiger partial charge in [-0.25, -0.2) is 0 Å². The van der Waals surface area contributed by atoms with Crippen LogP contribution in [0.25, 0.3) is 0 Å². The summed E-state index contributed by atoms with van der Waals surface area (Å²) in [6, 6.07) is 1.23. The molecule has 1 saturated heterocycles. The molecule has 0 bridgehead atoms. The van der Waals surface area contributed by atoms with E-state index >= 15 is 0 Å². The predicted molar refractivity (Wildman–Crippen MR) is 102 cm³/mol. The SMILES string of the molecule is C=C(C)CN1CCC(NC(=NC)NC2CC2C2CCCCC2)CC1. The number of rotatable bonds is 5. The summed E-state index contributed by atoms with van der Waals surface area (Å²) in [6.45, 7) is 9.52. The Kier molecular flexibility index (Phi) is 6.20. The molecule has 3 rings (SSSR count). The molecular formula is C20H36N4. The van der Waals surface area contributed by atoms with Gasteiger partial charge in [0.05, 0.1) is 0 Å². The summed E-state index contributed by atoms with van der Waals surface area (Å²) in [4.78, 5) is 6.99. The van der Waals surface area contributed by atoms with Crippen LogP contribution >= 0.6 is 0 Å². The van der Waals surface area contributed by atoms with Gasteiger partial charge in [-0.15, -0.1) is 0 Å². The summed E-state index contributed by atoms with van der Waals surface area (Å²) in [5.74, 6) is 2.90. The molecule has 2 N–H and O–H groups in total. The number of likely N-dealkylation sites (tertiary alicyclic amines) is 1. The van der Waals surface area contributed by atoms with Gasteiger partial charge in [-0.1, -0.05) is 44.3 Å². The highest BCUT2D eigenvalue weighted by molar-refractivity contribution is 5.80. The van der Waals surface area contributed by atoms with E-state index in [1.54, 1.807) is 0 Å². The van der Waals surface area contributed by atoms with Crippen LogP contribution in [0.3, 0.4) is 0 Å². The highest BCUT2D eigenvalue weighted by Gasteiger charge is 2.43. The zero-order chi connectivity index (χ0) is 16.9. The first-order chi connectivity index (χ1) is 11.7. The number of hydrogen-bond acceptors (Lipinski definition) is 2. The lowest BCUT2D eigenvalue weighted by atomic mass is 9.85. The van der Waals surface area contributed by atoms with Crippen molar-refractivity contribution in [1.29, 1.82) is 0 Å². The van der Waals surface area contributed by atoms with E-state index in [1.165, 1.54) is 56.9 Å². The number of nitrogens with zero attached hydrogens (tertiary/aromatic N) is 2. The van der Waals surface area contributed by atoms with Gasteiger partial charge in [-0.05, 0) is 38.0 Å². The maximum atomic E-state index is 4.48. The molecule has 136 valence electrons. The smallest absolute Gasteiger partial charge is 0.191 e. The van der Waals surface area contributed by atoms with Crippen LogP contribution in [0, 0.1) is 11.8 Å². The first-order valence-corrected chi connectivity index (χ1v) is 10.0. The molecule has 2 atom stereocenters. The van der Waals surface area contributed by atoms with Gasteiger partial charge in [-0.2, -0.15) is 0 Å². The molecule has 1 heterocycles. The Morgan fingerprint density at radius 1 is 1.08 bits per heavy atom. The predicted octanol–water partition coefficient (Wildman–Crippen LogP) is 3.16. The van der Waals surface area contributed by atoms with Gasteiger partial charge in [0, 0.05) is 38.8 Å². The molecule has 0 aromatic rings. The zero-order valence-corrected chi connectivity index (χ0v) is 15.7. The van der Waals surface area contributed by atoms with Crippen molar-refractivity contribution < 1.29 is 0 Å². The summed E-state index contributed by atoms with van der Waals surface area (Å²) in [5.41, 5.74) is 1.27. The average molecular weight is 333 g/mol. The minimum absolute atomic E-state index is 0.560. The monoisotopic (exact) mass is 332 g/mol. The van der Waals surface area contributed by atoms with E-state index in [1.807, 2.05) is 7.05 Å². The number of aliphatic imine (C=N–C) groups is 1. The second kappa shape index (κ2) is 8.37. The minimum Gasteiger partial charge on any atom is -0.354 e. The number of nitrogens with one attached hydrogen (secondary N) is 2. The molecule has 2 unspecified atom stereocenters. The van der Waals surface area contributed by atoms with Crippen molar-refractivity contribution in [3.63, 3.8) is 0 Å². The summed E-state index contributed by atoms with van der Waals surface area (Å²) >= 11 is 0. The van der Waals surface area contributed by atoms with Gasteiger partial charge in [-0.3, -0.25) is 9.89 Å². The van der Waals surface area contributed by atoms with Crippen molar-refractivity contribution >= 4 is 5.96 Å². The van der Waals surface area contributed by atoms with Crippen LogP contribution in [0.5, 0.6) is 0 Å². The molecule has 3 fully saturated rings. The number of guanidine groups is 1. The standard InChI is InChI=1S/C20H36N4/c1-15(2)14-24-11-9-17(10-12-24)22-20(21-3)23-19-13-18(19)16-7-5-4-6-8-16/h16-19H,1,4-14H2,2-3H3,(H2,21,22,23). The van der Waals surface area contributed by atoms with E-state index in [2.05, 4.69) is 34.0 Å². The third-order valence-electron chi connectivity index (χ3n) is 6.06. The molecule has 4 nitrogen and oxygen atoms in total. The third-order valence-corrected chi connectivity index (χ3v) is 6.06. The minimum atomic E-state index is 0.560. The molecule has 1 aliphatic heterocycles. The Labute approximate surface area is 148 Å². The maximum absolute atomic E-state index is 4.48. The number of piperidine rings is 1. The lowest BCUT2D eigenvalue weighted by molar-refractivity contribution is 0.221. The quantitative estimate of drug-likeness (QED) is 0.461. The van der Waals surface area contributed by atoms with Crippen LogP contribution in [0.4, 0.5) is 0 Å². The van der Waals surface area contributed by atoms with Gasteiger partial charge in [0.1, 0.15) is 0 Å². The summed E-state index contributed by atoms with van der Waals surface area (Å²) < 4.78 is 0. The first kappa shape index (κ1) is 17.8. The van der Waals surface area contributed by atoms with Crippen molar-refractivity contribution in [2.45, 2.75) is 70.4 Å². The maximum Gasteiger partial charge on any atom is 0.191 e. The molecule has 2 aliphatic carbocycles. The largest absolute Gasteiger partial charge is 0.354 e. The van der Waals surface area contributed by atoms with Gasteiger partial charge >= 0.3 is 0 Å². The van der Waals surface area contributed by atoms with E-state index in [0.29, 0.717) is 12.1 Å². The number of hydrogen-bond donors (Lipinski definition) is 2. The third kappa shape index (κ3) is 4.98. The fourth-order valence-electron chi connectivity index (χ4n) is 4.62. The van der Waals surface area contributed by atoms with Gasteiger partial charge in [0.25, 0.3) is 0 Å². The Morgan fingerprint density at radius 3 is 2.42 bits per heavy atom. The van der Waals surface area contributed by atoms with E-state index in [4.69, 9.17) is 0 Å². The van der Waals surface area contributed by atoms with Crippen LogP contribution in [-0.4, -0.2) is 49.6 Å². The average Bonchev–Trinajstić information content (AvgIpc) is 3.35. The van der Waals surface area contributed by atoms with Gasteiger partial charge in [0.15, 0.2) is 5.96 Å². The molecule has 3 aliphatic rings. The zero-order valence-electron chi connectivity index (χ0n) is 15.7. The van der Waals surface area contributed by atoms with Crippen LogP contribution < -0.4 is 10.6 Å². The topological polar surface area (TPSA) is 39.7 Å². The Balaban J connectivity index is 1.38. The van der Waals surface area contributed by atoms with Crippen molar-refractivity contribution in [3.8, 4) is 0 Å². The highest BCUT2D eigenvalue weighted by atomic mass is 15.2. The first-order valence-electron chi connectivity index (χ1n) is 10.0. The second-order valence-corrected chi connectivity index (χ2v) is 8.27. The lowest BCUT2D eigenvalue weighted by Crippen LogP contribution is -2.49. The van der Waals surface area contributed by atoms with E-state index in [0.717, 1.165) is 37.4 Å². The summed E-state index contributed by atoms with van der Waals surface area (Å²) in [7, 11) is 1.91. The highest BCUT2D eigenvalue weighted by Crippen LogP contribution is 2.44. The summed E-state index contributed by atoms with van der Waals surface area (Å²) in [5, 5.41) is 7.35. The van der Waals surface area contributed by atoms with Crippen LogP contribution in [0.15, 0.2) is 17.1 Å². The Bertz CT molecular complexity index is 445. The van der Waals surface area contributed by atoms with Crippen LogP contribution in [0.2, 0.25) is 0 Å². The van der Waals surface area contributed by atoms with Gasteiger partial charge in [0.2, 0.25) is 0 Å². The fourth-order valence-corrected chi connectivity index (χ4v) is 4.62. The molecule has 0 amide bonds. The van der Waals surface area contributed by atoms with Crippen LogP contribution in [-0.2, 0) is 0 Å². The van der Waals surface area contributed by atoms with E-state index < -0.39 is 0 Å². The molecule has 24 heavy (non-hydrogen) atoms. The van der Waals surface area contributed by atoms with Crippen molar-refractivity contribution in [2.24, 2.45) is 16.8 Å². The normalized spacial score (nSPS) is 30.2. The van der Waals surface area contributed by atoms with Gasteiger partial charge < -0.3 is 10.6 Å².